The summed E-state index contributed by atoms with van der Waals surface area (Å²) in [4.78, 5) is 29.2. The van der Waals surface area contributed by atoms with Crippen LogP contribution in [0.3, 0.4) is 0 Å². The predicted molar refractivity (Wildman–Crippen MR) is 102 cm³/mol. The molecule has 6 nitrogen and oxygen atoms in total. The summed E-state index contributed by atoms with van der Waals surface area (Å²) in [6.45, 7) is 4.90. The fourth-order valence-electron chi connectivity index (χ4n) is 4.97. The average Bonchev–Trinajstić information content (AvgIpc) is 2.51. The van der Waals surface area contributed by atoms with Crippen molar-refractivity contribution in [2.45, 2.75) is 56.7 Å². The van der Waals surface area contributed by atoms with Gasteiger partial charge in [0.15, 0.2) is 0 Å². The number of rotatable bonds is 4. The second kappa shape index (κ2) is 6.82. The number of hydrogen-bond acceptors (Lipinski definition) is 3. The molecule has 2 saturated heterocycles. The summed E-state index contributed by atoms with van der Waals surface area (Å²) in [6.07, 6.45) is 2.99. The SMILES string of the molecule is CC(C)NC(=O)N1CC2(C1)[C@@H](c1ccccc1)[C@@H](CO)N2C(=O)C1CCC1. The number of carbonyl (C=O) groups is 2. The van der Waals surface area contributed by atoms with Gasteiger partial charge in [-0.25, -0.2) is 4.79 Å². The van der Waals surface area contributed by atoms with Crippen LogP contribution in [0.1, 0.15) is 44.6 Å². The van der Waals surface area contributed by atoms with Gasteiger partial charge in [-0.2, -0.15) is 0 Å². The van der Waals surface area contributed by atoms with E-state index in [1.807, 2.05) is 36.9 Å². The van der Waals surface area contributed by atoms with Gasteiger partial charge in [-0.05, 0) is 32.3 Å². The van der Waals surface area contributed by atoms with Crippen LogP contribution in [0.4, 0.5) is 4.79 Å². The van der Waals surface area contributed by atoms with Crippen molar-refractivity contribution in [2.75, 3.05) is 19.7 Å². The van der Waals surface area contributed by atoms with Gasteiger partial charge >= 0.3 is 6.03 Å². The van der Waals surface area contributed by atoms with Crippen LogP contribution in [-0.2, 0) is 4.79 Å². The van der Waals surface area contributed by atoms with E-state index in [-0.39, 0.29) is 48.0 Å². The molecule has 1 aromatic carbocycles. The lowest BCUT2D eigenvalue weighted by atomic mass is 9.60. The number of aliphatic hydroxyl groups excluding tert-OH is 1. The van der Waals surface area contributed by atoms with Crippen LogP contribution in [-0.4, -0.2) is 64.2 Å². The Labute approximate surface area is 160 Å². The normalized spacial score (nSPS) is 26.4. The molecule has 3 amide bonds. The van der Waals surface area contributed by atoms with Gasteiger partial charge in [0, 0.05) is 31.0 Å². The molecule has 0 radical (unpaired) electrons. The molecule has 6 heteroatoms. The molecule has 1 aliphatic carbocycles. The van der Waals surface area contributed by atoms with E-state index < -0.39 is 0 Å². The zero-order chi connectivity index (χ0) is 19.2. The molecule has 2 aliphatic heterocycles. The van der Waals surface area contributed by atoms with Gasteiger partial charge in [0.1, 0.15) is 0 Å². The van der Waals surface area contributed by atoms with E-state index in [1.54, 1.807) is 4.90 Å². The third-order valence-electron chi connectivity index (χ3n) is 6.44. The Morgan fingerprint density at radius 1 is 1.22 bits per heavy atom. The van der Waals surface area contributed by atoms with Crippen molar-refractivity contribution in [3.63, 3.8) is 0 Å². The van der Waals surface area contributed by atoms with Crippen LogP contribution < -0.4 is 5.32 Å². The fourth-order valence-corrected chi connectivity index (χ4v) is 4.97. The molecule has 2 heterocycles. The lowest BCUT2D eigenvalue weighted by molar-refractivity contribution is -0.199. The number of nitrogens with zero attached hydrogens (tertiary/aromatic N) is 2. The first kappa shape index (κ1) is 18.3. The molecule has 2 N–H and O–H groups in total. The maximum absolute atomic E-state index is 13.1. The summed E-state index contributed by atoms with van der Waals surface area (Å²) in [7, 11) is 0. The second-order valence-corrected chi connectivity index (χ2v) is 8.54. The van der Waals surface area contributed by atoms with Gasteiger partial charge in [-0.3, -0.25) is 4.79 Å². The van der Waals surface area contributed by atoms with Crippen molar-refractivity contribution in [3.05, 3.63) is 35.9 Å². The predicted octanol–water partition coefficient (Wildman–Crippen LogP) is 1.95. The zero-order valence-corrected chi connectivity index (χ0v) is 16.1. The lowest BCUT2D eigenvalue weighted by Gasteiger charge is -2.71. The molecular weight excluding hydrogens is 342 g/mol. The van der Waals surface area contributed by atoms with Gasteiger partial charge in [0.25, 0.3) is 0 Å². The van der Waals surface area contributed by atoms with Crippen LogP contribution in [0.25, 0.3) is 0 Å². The van der Waals surface area contributed by atoms with E-state index in [0.717, 1.165) is 24.8 Å². The van der Waals surface area contributed by atoms with E-state index in [0.29, 0.717) is 13.1 Å². The highest BCUT2D eigenvalue weighted by Crippen LogP contribution is 2.55. The molecule has 146 valence electrons. The van der Waals surface area contributed by atoms with Crippen molar-refractivity contribution in [1.29, 1.82) is 0 Å². The molecule has 3 aliphatic rings. The molecule has 2 atom stereocenters. The van der Waals surface area contributed by atoms with Crippen molar-refractivity contribution >= 4 is 11.9 Å². The highest BCUT2D eigenvalue weighted by Gasteiger charge is 2.68. The van der Waals surface area contributed by atoms with Crippen molar-refractivity contribution in [2.24, 2.45) is 5.92 Å². The lowest BCUT2D eigenvalue weighted by Crippen LogP contribution is -2.86. The van der Waals surface area contributed by atoms with Gasteiger partial charge in [-0.1, -0.05) is 36.8 Å². The number of aliphatic hydroxyl groups is 1. The van der Waals surface area contributed by atoms with Crippen LogP contribution in [0.5, 0.6) is 0 Å². The first-order valence-electron chi connectivity index (χ1n) is 10.0. The van der Waals surface area contributed by atoms with Crippen molar-refractivity contribution < 1.29 is 14.7 Å². The summed E-state index contributed by atoms with van der Waals surface area (Å²) in [5, 5.41) is 13.0. The number of benzene rings is 1. The molecule has 0 aromatic heterocycles. The molecule has 1 aromatic rings. The summed E-state index contributed by atoms with van der Waals surface area (Å²) in [5.74, 6) is 0.318. The smallest absolute Gasteiger partial charge is 0.317 e. The Morgan fingerprint density at radius 2 is 1.89 bits per heavy atom. The summed E-state index contributed by atoms with van der Waals surface area (Å²) in [5.41, 5.74) is 0.758. The maximum atomic E-state index is 13.1. The quantitative estimate of drug-likeness (QED) is 0.850. The number of hydrogen-bond donors (Lipinski definition) is 2. The largest absolute Gasteiger partial charge is 0.394 e. The third kappa shape index (κ3) is 2.81. The molecule has 3 fully saturated rings. The van der Waals surface area contributed by atoms with Gasteiger partial charge < -0.3 is 20.2 Å². The highest BCUT2D eigenvalue weighted by molar-refractivity contribution is 5.84. The monoisotopic (exact) mass is 371 g/mol. The topological polar surface area (TPSA) is 72.9 Å². The van der Waals surface area contributed by atoms with Crippen LogP contribution in [0, 0.1) is 5.92 Å². The number of nitrogens with one attached hydrogen (secondary N) is 1. The number of carbonyl (C=O) groups excluding carboxylic acids is 2. The Morgan fingerprint density at radius 3 is 2.41 bits per heavy atom. The fraction of sp³-hybridized carbons (Fsp3) is 0.619. The molecule has 0 bridgehead atoms. The van der Waals surface area contributed by atoms with E-state index in [1.165, 1.54) is 0 Å². The average molecular weight is 371 g/mol. The molecule has 27 heavy (non-hydrogen) atoms. The Hall–Kier alpha value is -2.08. The third-order valence-corrected chi connectivity index (χ3v) is 6.44. The standard InChI is InChI=1S/C21H29N3O3/c1-14(2)22-20(27)23-12-21(13-23)18(15-7-4-3-5-8-15)17(11-25)24(21)19(26)16-9-6-10-16/h3-5,7-8,14,16-18,25H,6,9-13H2,1-2H3,(H,22,27)/t17-,18+/m1/s1. The summed E-state index contributed by atoms with van der Waals surface area (Å²) in [6, 6.07) is 9.91. The molecule has 4 rings (SSSR count). The number of amides is 3. The Balaban J connectivity index is 1.59. The highest BCUT2D eigenvalue weighted by atomic mass is 16.3. The minimum Gasteiger partial charge on any atom is -0.394 e. The second-order valence-electron chi connectivity index (χ2n) is 8.54. The van der Waals surface area contributed by atoms with Crippen LogP contribution >= 0.6 is 0 Å². The minimum absolute atomic E-state index is 0.0437. The molecule has 1 spiro atoms. The maximum Gasteiger partial charge on any atom is 0.317 e. The van der Waals surface area contributed by atoms with E-state index in [4.69, 9.17) is 0 Å². The Kier molecular flexibility index (Phi) is 4.62. The van der Waals surface area contributed by atoms with Crippen molar-refractivity contribution in [1.82, 2.24) is 15.1 Å². The minimum atomic E-state index is -0.379. The van der Waals surface area contributed by atoms with Crippen LogP contribution in [0.15, 0.2) is 30.3 Å². The number of urea groups is 1. The van der Waals surface area contributed by atoms with Gasteiger partial charge in [0.2, 0.25) is 5.91 Å². The van der Waals surface area contributed by atoms with Gasteiger partial charge in [0.05, 0.1) is 18.2 Å². The van der Waals surface area contributed by atoms with Gasteiger partial charge in [-0.15, -0.1) is 0 Å². The summed E-state index contributed by atoms with van der Waals surface area (Å²) >= 11 is 0. The number of likely N-dealkylation sites (tertiary alicyclic amines) is 2. The molecule has 1 saturated carbocycles. The molecule has 0 unspecified atom stereocenters. The van der Waals surface area contributed by atoms with E-state index >= 15 is 0 Å². The first-order chi connectivity index (χ1) is 13.0. The van der Waals surface area contributed by atoms with E-state index in [2.05, 4.69) is 17.4 Å². The van der Waals surface area contributed by atoms with Crippen LogP contribution in [0.2, 0.25) is 0 Å². The van der Waals surface area contributed by atoms with E-state index in [9.17, 15) is 14.7 Å². The zero-order valence-electron chi connectivity index (χ0n) is 16.1. The molecular formula is C21H29N3O3. The van der Waals surface area contributed by atoms with Crippen molar-refractivity contribution in [3.8, 4) is 0 Å². The summed E-state index contributed by atoms with van der Waals surface area (Å²) < 4.78 is 0. The first-order valence-corrected chi connectivity index (χ1v) is 10.0. The Bertz CT molecular complexity index is 711.